The highest BCUT2D eigenvalue weighted by Crippen LogP contribution is 2.33. The fourth-order valence-electron chi connectivity index (χ4n) is 3.06. The zero-order valence-corrected chi connectivity index (χ0v) is 15.3. The minimum absolute atomic E-state index is 0.0679. The van der Waals surface area contributed by atoms with Crippen LogP contribution in [0.2, 0.25) is 10.0 Å². The molecule has 5 nitrogen and oxygen atoms in total. The molecule has 0 aliphatic heterocycles. The van der Waals surface area contributed by atoms with Gasteiger partial charge in [0.1, 0.15) is 6.54 Å². The Morgan fingerprint density at radius 1 is 1.25 bits per heavy atom. The summed E-state index contributed by atoms with van der Waals surface area (Å²) in [6.07, 6.45) is 3.08. The van der Waals surface area contributed by atoms with Crippen LogP contribution in [0.1, 0.15) is 25.7 Å². The lowest BCUT2D eigenvalue weighted by molar-refractivity contribution is -0.127. The van der Waals surface area contributed by atoms with Crippen molar-refractivity contribution < 1.29 is 13.2 Å². The van der Waals surface area contributed by atoms with Crippen LogP contribution in [0, 0.1) is 23.2 Å². The lowest BCUT2D eigenvalue weighted by Gasteiger charge is -2.30. The summed E-state index contributed by atoms with van der Waals surface area (Å²) in [7, 11) is -3.57. The van der Waals surface area contributed by atoms with E-state index in [1.54, 1.807) is 0 Å². The van der Waals surface area contributed by atoms with E-state index in [0.717, 1.165) is 12.8 Å². The highest BCUT2D eigenvalue weighted by atomic mass is 35.5. The molecule has 1 aliphatic rings. The zero-order chi connectivity index (χ0) is 17.7. The monoisotopic (exact) mass is 388 g/mol. The second kappa shape index (κ2) is 8.19. The van der Waals surface area contributed by atoms with Crippen LogP contribution >= 0.6 is 23.2 Å². The Morgan fingerprint density at radius 3 is 2.62 bits per heavy atom. The van der Waals surface area contributed by atoms with Crippen molar-refractivity contribution in [1.29, 1.82) is 5.26 Å². The molecule has 2 atom stereocenters. The maximum absolute atomic E-state index is 12.7. The Bertz CT molecular complexity index is 759. The van der Waals surface area contributed by atoms with E-state index < -0.39 is 9.84 Å². The Balaban J connectivity index is 2.17. The molecule has 2 rings (SSSR count). The SMILES string of the molecule is N#CCNC(=O)[C@H]1CCCC[C@@H]1CS(=O)(=O)c1ccc(Cl)c(Cl)c1. The van der Waals surface area contributed by atoms with Gasteiger partial charge in [-0.3, -0.25) is 4.79 Å². The van der Waals surface area contributed by atoms with Crippen LogP contribution in [-0.4, -0.2) is 26.6 Å². The van der Waals surface area contributed by atoms with E-state index in [1.807, 2.05) is 6.07 Å². The molecule has 0 aromatic heterocycles. The largest absolute Gasteiger partial charge is 0.343 e. The van der Waals surface area contributed by atoms with Crippen molar-refractivity contribution in [2.75, 3.05) is 12.3 Å². The van der Waals surface area contributed by atoms with Crippen molar-refractivity contribution in [2.45, 2.75) is 30.6 Å². The number of rotatable bonds is 5. The number of nitrogens with zero attached hydrogens (tertiary/aromatic N) is 1. The molecule has 1 aliphatic carbocycles. The third-order valence-corrected chi connectivity index (χ3v) is 6.85. The molecule has 130 valence electrons. The summed E-state index contributed by atoms with van der Waals surface area (Å²) >= 11 is 11.7. The number of carbonyl (C=O) groups excluding carboxylic acids is 1. The first-order chi connectivity index (χ1) is 11.3. The van der Waals surface area contributed by atoms with E-state index in [1.165, 1.54) is 18.2 Å². The molecule has 0 heterocycles. The van der Waals surface area contributed by atoms with E-state index >= 15 is 0 Å². The molecule has 0 radical (unpaired) electrons. The molecule has 0 spiro atoms. The summed E-state index contributed by atoms with van der Waals surface area (Å²) in [6.45, 7) is -0.0679. The van der Waals surface area contributed by atoms with Gasteiger partial charge in [-0.05, 0) is 37.0 Å². The number of halogens is 2. The molecule has 1 amide bonds. The fourth-order valence-corrected chi connectivity index (χ4v) is 5.15. The Morgan fingerprint density at radius 2 is 1.96 bits per heavy atom. The predicted molar refractivity (Wildman–Crippen MR) is 92.6 cm³/mol. The number of nitriles is 1. The number of amides is 1. The van der Waals surface area contributed by atoms with Crippen molar-refractivity contribution in [2.24, 2.45) is 11.8 Å². The van der Waals surface area contributed by atoms with Crippen LogP contribution in [0.5, 0.6) is 0 Å². The summed E-state index contributed by atoms with van der Waals surface area (Å²) in [5, 5.41) is 11.6. The van der Waals surface area contributed by atoms with Crippen LogP contribution in [0.25, 0.3) is 0 Å². The zero-order valence-electron chi connectivity index (χ0n) is 13.0. The third-order valence-electron chi connectivity index (χ3n) is 4.27. The van der Waals surface area contributed by atoms with Gasteiger partial charge in [0, 0.05) is 5.92 Å². The molecule has 24 heavy (non-hydrogen) atoms. The van der Waals surface area contributed by atoms with Crippen molar-refractivity contribution >= 4 is 38.9 Å². The average molecular weight is 389 g/mol. The second-order valence-electron chi connectivity index (χ2n) is 5.88. The quantitative estimate of drug-likeness (QED) is 0.784. The Labute approximate surface area is 151 Å². The van der Waals surface area contributed by atoms with E-state index in [-0.39, 0.29) is 40.0 Å². The maximum atomic E-state index is 12.7. The molecular formula is C16H18Cl2N2O3S. The highest BCUT2D eigenvalue weighted by molar-refractivity contribution is 7.91. The first-order valence-electron chi connectivity index (χ1n) is 7.67. The number of benzene rings is 1. The molecule has 1 saturated carbocycles. The van der Waals surface area contributed by atoms with E-state index in [9.17, 15) is 13.2 Å². The van der Waals surface area contributed by atoms with Crippen LogP contribution in [0.15, 0.2) is 23.1 Å². The van der Waals surface area contributed by atoms with Crippen molar-refractivity contribution in [3.05, 3.63) is 28.2 Å². The van der Waals surface area contributed by atoms with E-state index in [4.69, 9.17) is 28.5 Å². The number of hydrogen-bond donors (Lipinski definition) is 1. The number of hydrogen-bond acceptors (Lipinski definition) is 4. The second-order valence-corrected chi connectivity index (χ2v) is 8.73. The summed E-state index contributed by atoms with van der Waals surface area (Å²) < 4.78 is 25.3. The maximum Gasteiger partial charge on any atom is 0.224 e. The van der Waals surface area contributed by atoms with Gasteiger partial charge in [-0.1, -0.05) is 36.0 Å². The fraction of sp³-hybridized carbons (Fsp3) is 0.500. The summed E-state index contributed by atoms with van der Waals surface area (Å²) in [4.78, 5) is 12.3. The van der Waals surface area contributed by atoms with Gasteiger partial charge < -0.3 is 5.32 Å². The molecule has 1 aromatic rings. The minimum Gasteiger partial charge on any atom is -0.343 e. The third kappa shape index (κ3) is 4.62. The number of carbonyl (C=O) groups is 1. The van der Waals surface area contributed by atoms with E-state index in [0.29, 0.717) is 17.9 Å². The van der Waals surface area contributed by atoms with Gasteiger partial charge in [0.15, 0.2) is 9.84 Å². The van der Waals surface area contributed by atoms with Gasteiger partial charge in [0.25, 0.3) is 0 Å². The molecule has 1 fully saturated rings. The number of sulfone groups is 1. The van der Waals surface area contributed by atoms with Crippen LogP contribution < -0.4 is 5.32 Å². The Kier molecular flexibility index (Phi) is 6.50. The van der Waals surface area contributed by atoms with Gasteiger partial charge >= 0.3 is 0 Å². The molecule has 0 unspecified atom stereocenters. The molecule has 1 aromatic carbocycles. The van der Waals surface area contributed by atoms with Crippen molar-refractivity contribution in [1.82, 2.24) is 5.32 Å². The summed E-state index contributed by atoms with van der Waals surface area (Å²) in [5.74, 6) is -1.01. The molecule has 0 saturated heterocycles. The van der Waals surface area contributed by atoms with Gasteiger partial charge in [-0.2, -0.15) is 5.26 Å². The summed E-state index contributed by atoms with van der Waals surface area (Å²) in [6, 6.07) is 6.08. The standard InChI is InChI=1S/C16H18Cl2N2O3S/c17-14-6-5-12(9-15(14)18)24(22,23)10-11-3-1-2-4-13(11)16(21)20-8-7-19/h5-6,9,11,13H,1-4,8,10H2,(H,20,21)/t11-,13+/m1/s1. The normalized spacial score (nSPS) is 21.0. The molecular weight excluding hydrogens is 371 g/mol. The molecule has 0 bridgehead atoms. The van der Waals surface area contributed by atoms with Gasteiger partial charge in [0.05, 0.1) is 26.8 Å². The topological polar surface area (TPSA) is 87.0 Å². The Hall–Kier alpha value is -1.29. The predicted octanol–water partition coefficient (Wildman–Crippen LogP) is 3.21. The van der Waals surface area contributed by atoms with Crippen LogP contribution in [0.4, 0.5) is 0 Å². The molecule has 8 heteroatoms. The van der Waals surface area contributed by atoms with Crippen molar-refractivity contribution in [3.63, 3.8) is 0 Å². The lowest BCUT2D eigenvalue weighted by Crippen LogP contribution is -2.39. The first-order valence-corrected chi connectivity index (χ1v) is 10.1. The van der Waals surface area contributed by atoms with E-state index in [2.05, 4.69) is 5.32 Å². The first kappa shape index (κ1) is 19.0. The average Bonchev–Trinajstić information content (AvgIpc) is 2.55. The minimum atomic E-state index is -3.57. The van der Waals surface area contributed by atoms with Gasteiger partial charge in [-0.25, -0.2) is 8.42 Å². The summed E-state index contributed by atoms with van der Waals surface area (Å²) in [5.41, 5.74) is 0. The van der Waals surface area contributed by atoms with Crippen LogP contribution in [0.3, 0.4) is 0 Å². The van der Waals surface area contributed by atoms with Crippen molar-refractivity contribution in [3.8, 4) is 6.07 Å². The smallest absolute Gasteiger partial charge is 0.224 e. The van der Waals surface area contributed by atoms with Gasteiger partial charge in [0.2, 0.25) is 5.91 Å². The van der Waals surface area contributed by atoms with Gasteiger partial charge in [-0.15, -0.1) is 0 Å². The molecule has 1 N–H and O–H groups in total. The van der Waals surface area contributed by atoms with Crippen LogP contribution in [-0.2, 0) is 14.6 Å². The highest BCUT2D eigenvalue weighted by Gasteiger charge is 2.34. The number of nitrogens with one attached hydrogen (secondary N) is 1. The lowest BCUT2D eigenvalue weighted by atomic mass is 9.80.